The smallest absolute Gasteiger partial charge is 0.129 e. The molecule has 0 atom stereocenters. The second-order valence-corrected chi connectivity index (χ2v) is 5.52. The maximum atomic E-state index is 5.85. The van der Waals surface area contributed by atoms with Gasteiger partial charge < -0.3 is 15.4 Å². The lowest BCUT2D eigenvalue weighted by Gasteiger charge is -2.10. The zero-order valence-electron chi connectivity index (χ0n) is 13.6. The van der Waals surface area contributed by atoms with Crippen LogP contribution in [0.1, 0.15) is 6.42 Å². The Bertz CT molecular complexity index is 729. The van der Waals surface area contributed by atoms with Crippen LogP contribution in [0.2, 0.25) is 0 Å². The summed E-state index contributed by atoms with van der Waals surface area (Å²) < 4.78 is 5.85. The van der Waals surface area contributed by atoms with Gasteiger partial charge in [-0.05, 0) is 42.8 Å². The third kappa shape index (κ3) is 5.06. The lowest BCUT2D eigenvalue weighted by Crippen LogP contribution is -2.09. The number of rotatable bonds is 8. The molecule has 3 rings (SSSR count). The second kappa shape index (κ2) is 8.63. The minimum Gasteiger partial charge on any atom is -0.457 e. The molecule has 0 aliphatic carbocycles. The van der Waals surface area contributed by atoms with Gasteiger partial charge in [0.15, 0.2) is 0 Å². The van der Waals surface area contributed by atoms with Crippen LogP contribution in [0.5, 0.6) is 11.5 Å². The molecule has 3 aromatic carbocycles. The van der Waals surface area contributed by atoms with Crippen molar-refractivity contribution in [3.8, 4) is 11.5 Å². The van der Waals surface area contributed by atoms with Gasteiger partial charge in [0, 0.05) is 30.5 Å². The molecule has 3 heteroatoms. The highest BCUT2D eigenvalue weighted by Gasteiger charge is 1.98. The topological polar surface area (TPSA) is 33.3 Å². The van der Waals surface area contributed by atoms with Crippen LogP contribution in [0.15, 0.2) is 84.9 Å². The molecule has 0 aliphatic heterocycles. The first kappa shape index (κ1) is 15.9. The first-order valence-corrected chi connectivity index (χ1v) is 8.26. The number of benzene rings is 3. The average molecular weight is 318 g/mol. The van der Waals surface area contributed by atoms with Crippen molar-refractivity contribution in [3.05, 3.63) is 84.9 Å². The molecule has 0 radical (unpaired) electrons. The summed E-state index contributed by atoms with van der Waals surface area (Å²) in [5.74, 6) is 1.69. The predicted molar refractivity (Wildman–Crippen MR) is 101 cm³/mol. The SMILES string of the molecule is c1ccc(NCCCNc2cccc(Oc3ccccc3)c2)cc1. The van der Waals surface area contributed by atoms with Gasteiger partial charge in [-0.2, -0.15) is 0 Å². The molecule has 122 valence electrons. The minimum atomic E-state index is 0.841. The monoisotopic (exact) mass is 318 g/mol. The van der Waals surface area contributed by atoms with E-state index in [4.69, 9.17) is 4.74 Å². The lowest BCUT2D eigenvalue weighted by atomic mass is 10.2. The Kier molecular flexibility index (Phi) is 5.73. The number of nitrogens with one attached hydrogen (secondary N) is 2. The van der Waals surface area contributed by atoms with Gasteiger partial charge in [-0.1, -0.05) is 42.5 Å². The molecule has 0 amide bonds. The van der Waals surface area contributed by atoms with Crippen molar-refractivity contribution in [2.75, 3.05) is 23.7 Å². The van der Waals surface area contributed by atoms with Crippen LogP contribution in [-0.4, -0.2) is 13.1 Å². The maximum Gasteiger partial charge on any atom is 0.129 e. The number of para-hydroxylation sites is 2. The van der Waals surface area contributed by atoms with E-state index in [0.29, 0.717) is 0 Å². The largest absolute Gasteiger partial charge is 0.457 e. The van der Waals surface area contributed by atoms with Gasteiger partial charge >= 0.3 is 0 Å². The third-order valence-electron chi connectivity index (χ3n) is 3.60. The van der Waals surface area contributed by atoms with E-state index in [0.717, 1.165) is 42.4 Å². The number of anilines is 2. The summed E-state index contributed by atoms with van der Waals surface area (Å²) in [6, 6.07) is 28.1. The van der Waals surface area contributed by atoms with Gasteiger partial charge in [-0.15, -0.1) is 0 Å². The summed E-state index contributed by atoms with van der Waals surface area (Å²) in [5.41, 5.74) is 2.24. The average Bonchev–Trinajstić information content (AvgIpc) is 2.63. The quantitative estimate of drug-likeness (QED) is 0.546. The maximum absolute atomic E-state index is 5.85. The third-order valence-corrected chi connectivity index (χ3v) is 3.60. The zero-order valence-corrected chi connectivity index (χ0v) is 13.6. The minimum absolute atomic E-state index is 0.841. The molecule has 3 nitrogen and oxygen atoms in total. The molecule has 2 N–H and O–H groups in total. The Labute approximate surface area is 143 Å². The molecular formula is C21H22N2O. The van der Waals surface area contributed by atoms with Gasteiger partial charge in [0.05, 0.1) is 0 Å². The highest BCUT2D eigenvalue weighted by Crippen LogP contribution is 2.23. The second-order valence-electron chi connectivity index (χ2n) is 5.52. The Morgan fingerprint density at radius 3 is 1.92 bits per heavy atom. The van der Waals surface area contributed by atoms with Gasteiger partial charge in [0.2, 0.25) is 0 Å². The summed E-state index contributed by atoms with van der Waals surface area (Å²) in [4.78, 5) is 0. The molecule has 0 heterocycles. The summed E-state index contributed by atoms with van der Waals surface area (Å²) in [6.45, 7) is 1.85. The molecule has 0 fully saturated rings. The van der Waals surface area contributed by atoms with E-state index < -0.39 is 0 Å². The molecule has 0 spiro atoms. The van der Waals surface area contributed by atoms with Crippen LogP contribution in [0, 0.1) is 0 Å². The van der Waals surface area contributed by atoms with E-state index in [2.05, 4.69) is 28.8 Å². The highest BCUT2D eigenvalue weighted by molar-refractivity contribution is 5.49. The van der Waals surface area contributed by atoms with Gasteiger partial charge in [-0.25, -0.2) is 0 Å². The molecule has 0 unspecified atom stereocenters. The molecule has 0 saturated heterocycles. The van der Waals surface area contributed by atoms with Crippen LogP contribution in [0.25, 0.3) is 0 Å². The normalized spacial score (nSPS) is 10.2. The van der Waals surface area contributed by atoms with Crippen molar-refractivity contribution in [2.24, 2.45) is 0 Å². The van der Waals surface area contributed by atoms with Gasteiger partial charge in [-0.3, -0.25) is 0 Å². The van der Waals surface area contributed by atoms with Crippen LogP contribution in [0.4, 0.5) is 11.4 Å². The first-order chi connectivity index (χ1) is 11.9. The lowest BCUT2D eigenvalue weighted by molar-refractivity contribution is 0.483. The van der Waals surface area contributed by atoms with Crippen molar-refractivity contribution in [1.82, 2.24) is 0 Å². The Morgan fingerprint density at radius 2 is 1.17 bits per heavy atom. The zero-order chi connectivity index (χ0) is 16.5. The molecule has 0 aliphatic rings. The Morgan fingerprint density at radius 1 is 0.583 bits per heavy atom. The molecule has 0 aromatic heterocycles. The van der Waals surface area contributed by atoms with Gasteiger partial charge in [0.25, 0.3) is 0 Å². The van der Waals surface area contributed by atoms with Crippen molar-refractivity contribution in [2.45, 2.75) is 6.42 Å². The molecule has 3 aromatic rings. The standard InChI is InChI=1S/C21H22N2O/c1-3-9-18(10-4-1)22-15-8-16-23-19-11-7-14-21(17-19)24-20-12-5-2-6-13-20/h1-7,9-14,17,22-23H,8,15-16H2. The fourth-order valence-corrected chi connectivity index (χ4v) is 2.40. The summed E-state index contributed by atoms with van der Waals surface area (Å²) >= 11 is 0. The molecule has 24 heavy (non-hydrogen) atoms. The fourth-order valence-electron chi connectivity index (χ4n) is 2.40. The summed E-state index contributed by atoms with van der Waals surface area (Å²) in [6.07, 6.45) is 1.04. The van der Waals surface area contributed by atoms with E-state index in [-0.39, 0.29) is 0 Å². The van der Waals surface area contributed by atoms with E-state index in [1.165, 1.54) is 0 Å². The van der Waals surface area contributed by atoms with Crippen molar-refractivity contribution < 1.29 is 4.74 Å². The van der Waals surface area contributed by atoms with E-state index in [1.54, 1.807) is 0 Å². The molecular weight excluding hydrogens is 296 g/mol. The van der Waals surface area contributed by atoms with Crippen LogP contribution < -0.4 is 15.4 Å². The van der Waals surface area contributed by atoms with Crippen molar-refractivity contribution >= 4 is 11.4 Å². The molecule has 0 saturated carbocycles. The summed E-state index contributed by atoms with van der Waals surface area (Å²) in [7, 11) is 0. The van der Waals surface area contributed by atoms with Crippen LogP contribution >= 0.6 is 0 Å². The van der Waals surface area contributed by atoms with Gasteiger partial charge in [0.1, 0.15) is 11.5 Å². The Hall–Kier alpha value is -2.94. The van der Waals surface area contributed by atoms with E-state index in [9.17, 15) is 0 Å². The van der Waals surface area contributed by atoms with Crippen molar-refractivity contribution in [1.29, 1.82) is 0 Å². The number of ether oxygens (including phenoxy) is 1. The van der Waals surface area contributed by atoms with E-state index in [1.807, 2.05) is 66.7 Å². The highest BCUT2D eigenvalue weighted by atomic mass is 16.5. The summed E-state index contributed by atoms with van der Waals surface area (Å²) in [5, 5.41) is 6.85. The Balaban J connectivity index is 1.43. The van der Waals surface area contributed by atoms with Crippen LogP contribution in [-0.2, 0) is 0 Å². The van der Waals surface area contributed by atoms with Crippen LogP contribution in [0.3, 0.4) is 0 Å². The molecule has 0 bridgehead atoms. The first-order valence-electron chi connectivity index (χ1n) is 8.26. The predicted octanol–water partition coefficient (Wildman–Crippen LogP) is 5.39. The fraction of sp³-hybridized carbons (Fsp3) is 0.143. The van der Waals surface area contributed by atoms with Crippen molar-refractivity contribution in [3.63, 3.8) is 0 Å². The number of hydrogen-bond donors (Lipinski definition) is 2. The van der Waals surface area contributed by atoms with E-state index >= 15 is 0 Å². The number of hydrogen-bond acceptors (Lipinski definition) is 3.